The number of alkyl halides is 1. The lowest BCUT2D eigenvalue weighted by Gasteiger charge is -2.28. The van der Waals surface area contributed by atoms with Gasteiger partial charge in [-0.3, -0.25) is 0 Å². The largest absolute Gasteiger partial charge is 0.382 e. The Kier molecular flexibility index (Phi) is 4.40. The lowest BCUT2D eigenvalue weighted by molar-refractivity contribution is 0.143. The second-order valence-corrected chi connectivity index (χ2v) is 4.91. The molecule has 0 radical (unpaired) electrons. The van der Waals surface area contributed by atoms with Crippen molar-refractivity contribution in [3.63, 3.8) is 0 Å². The first-order valence-electron chi connectivity index (χ1n) is 6.30. The summed E-state index contributed by atoms with van der Waals surface area (Å²) in [6.07, 6.45) is 4.78. The minimum atomic E-state index is 0.278. The summed E-state index contributed by atoms with van der Waals surface area (Å²) >= 11 is 5.95. The van der Waals surface area contributed by atoms with E-state index in [2.05, 4.69) is 17.2 Å². The predicted molar refractivity (Wildman–Crippen MR) is 67.4 cm³/mol. The molecule has 1 aromatic heterocycles. The van der Waals surface area contributed by atoms with Crippen LogP contribution in [-0.4, -0.2) is 28.7 Å². The first-order chi connectivity index (χ1) is 8.31. The Labute approximate surface area is 107 Å². The van der Waals surface area contributed by atoms with Crippen LogP contribution >= 0.6 is 11.6 Å². The van der Waals surface area contributed by atoms with Crippen molar-refractivity contribution < 1.29 is 4.74 Å². The fraction of sp³-hybridized carbons (Fsp3) is 0.833. The molecule has 1 atom stereocenters. The number of methoxy groups -OCH3 is 1. The average Bonchev–Trinajstić information content (AvgIpc) is 2.67. The van der Waals surface area contributed by atoms with Gasteiger partial charge in [0.2, 0.25) is 0 Å². The zero-order chi connectivity index (χ0) is 12.3. The highest BCUT2D eigenvalue weighted by molar-refractivity contribution is 6.16. The van der Waals surface area contributed by atoms with Crippen molar-refractivity contribution in [3.05, 3.63) is 11.4 Å². The maximum absolute atomic E-state index is 5.95. The number of rotatable bonds is 6. The van der Waals surface area contributed by atoms with Crippen LogP contribution in [0.15, 0.2) is 0 Å². The summed E-state index contributed by atoms with van der Waals surface area (Å²) < 4.78 is 7.30. The van der Waals surface area contributed by atoms with Gasteiger partial charge >= 0.3 is 0 Å². The highest BCUT2D eigenvalue weighted by Gasteiger charge is 2.29. The SMILES string of the molecule is CCC(COC)n1nnc(CCl)c1C1CCC1. The molecule has 1 unspecified atom stereocenters. The van der Waals surface area contributed by atoms with E-state index in [0.717, 1.165) is 12.1 Å². The van der Waals surface area contributed by atoms with E-state index in [1.807, 2.05) is 4.68 Å². The topological polar surface area (TPSA) is 39.9 Å². The molecule has 0 spiro atoms. The summed E-state index contributed by atoms with van der Waals surface area (Å²) in [7, 11) is 1.73. The fourth-order valence-corrected chi connectivity index (χ4v) is 2.55. The van der Waals surface area contributed by atoms with Gasteiger partial charge in [-0.05, 0) is 19.3 Å². The van der Waals surface area contributed by atoms with E-state index >= 15 is 0 Å². The van der Waals surface area contributed by atoms with Gasteiger partial charge in [-0.2, -0.15) is 0 Å². The molecule has 17 heavy (non-hydrogen) atoms. The van der Waals surface area contributed by atoms with E-state index in [1.165, 1.54) is 25.0 Å². The Morgan fingerprint density at radius 3 is 2.76 bits per heavy atom. The molecular weight excluding hydrogens is 238 g/mol. The molecule has 4 nitrogen and oxygen atoms in total. The quantitative estimate of drug-likeness (QED) is 0.736. The maximum atomic E-state index is 5.95. The Hall–Kier alpha value is -0.610. The van der Waals surface area contributed by atoms with Crippen LogP contribution in [0.4, 0.5) is 0 Å². The van der Waals surface area contributed by atoms with Crippen LogP contribution in [0.5, 0.6) is 0 Å². The minimum Gasteiger partial charge on any atom is -0.382 e. The first kappa shape index (κ1) is 12.8. The first-order valence-corrected chi connectivity index (χ1v) is 6.84. The van der Waals surface area contributed by atoms with E-state index in [1.54, 1.807) is 7.11 Å². The normalized spacial score (nSPS) is 18.1. The lowest BCUT2D eigenvalue weighted by atomic mass is 9.82. The molecule has 0 bridgehead atoms. The van der Waals surface area contributed by atoms with Crippen molar-refractivity contribution in [3.8, 4) is 0 Å². The van der Waals surface area contributed by atoms with E-state index in [9.17, 15) is 0 Å². The zero-order valence-corrected chi connectivity index (χ0v) is 11.3. The van der Waals surface area contributed by atoms with E-state index in [4.69, 9.17) is 16.3 Å². The van der Waals surface area contributed by atoms with Crippen LogP contribution in [0.3, 0.4) is 0 Å². The van der Waals surface area contributed by atoms with Crippen LogP contribution in [0.2, 0.25) is 0 Å². The van der Waals surface area contributed by atoms with Gasteiger partial charge in [0.25, 0.3) is 0 Å². The summed E-state index contributed by atoms with van der Waals surface area (Å²) in [6, 6.07) is 0.278. The van der Waals surface area contributed by atoms with Crippen molar-refractivity contribution in [1.29, 1.82) is 0 Å². The van der Waals surface area contributed by atoms with Gasteiger partial charge < -0.3 is 4.74 Å². The molecule has 0 aromatic carbocycles. The molecule has 0 saturated heterocycles. The van der Waals surface area contributed by atoms with Gasteiger partial charge in [0, 0.05) is 13.0 Å². The molecule has 1 heterocycles. The fourth-order valence-electron chi connectivity index (χ4n) is 2.36. The summed E-state index contributed by atoms with van der Waals surface area (Å²) in [5.41, 5.74) is 2.20. The van der Waals surface area contributed by atoms with Gasteiger partial charge in [-0.25, -0.2) is 4.68 Å². The van der Waals surface area contributed by atoms with E-state index in [-0.39, 0.29) is 6.04 Å². The molecule has 1 saturated carbocycles. The molecule has 2 rings (SSSR count). The molecule has 0 amide bonds. The molecule has 96 valence electrons. The van der Waals surface area contributed by atoms with E-state index < -0.39 is 0 Å². The summed E-state index contributed by atoms with van der Waals surface area (Å²) in [4.78, 5) is 0. The molecule has 1 fully saturated rings. The molecule has 0 aliphatic heterocycles. The van der Waals surface area contributed by atoms with Crippen LogP contribution < -0.4 is 0 Å². The van der Waals surface area contributed by atoms with Gasteiger partial charge in [-0.1, -0.05) is 18.6 Å². The molecular formula is C12H20ClN3O. The van der Waals surface area contributed by atoms with Crippen molar-refractivity contribution in [2.24, 2.45) is 0 Å². The second kappa shape index (κ2) is 5.83. The Morgan fingerprint density at radius 2 is 2.29 bits per heavy atom. The summed E-state index contributed by atoms with van der Waals surface area (Å²) in [5, 5.41) is 8.50. The Balaban J connectivity index is 2.28. The smallest absolute Gasteiger partial charge is 0.101 e. The minimum absolute atomic E-state index is 0.278. The number of hydrogen-bond acceptors (Lipinski definition) is 3. The average molecular weight is 258 g/mol. The highest BCUT2D eigenvalue weighted by atomic mass is 35.5. The zero-order valence-electron chi connectivity index (χ0n) is 10.5. The van der Waals surface area contributed by atoms with Crippen LogP contribution in [-0.2, 0) is 10.6 Å². The van der Waals surface area contributed by atoms with Crippen LogP contribution in [0.25, 0.3) is 0 Å². The summed E-state index contributed by atoms with van der Waals surface area (Å²) in [6.45, 7) is 2.83. The highest BCUT2D eigenvalue weighted by Crippen LogP contribution is 2.39. The number of ether oxygens (including phenoxy) is 1. The molecule has 1 aromatic rings. The lowest BCUT2D eigenvalue weighted by Crippen LogP contribution is -2.22. The molecule has 5 heteroatoms. The standard InChI is InChI=1S/C12H20ClN3O/c1-3-10(8-17-2)16-12(9-5-4-6-9)11(7-13)14-15-16/h9-10H,3-8H2,1-2H3. The van der Waals surface area contributed by atoms with E-state index in [0.29, 0.717) is 18.4 Å². The summed E-state index contributed by atoms with van der Waals surface area (Å²) in [5.74, 6) is 1.06. The van der Waals surface area contributed by atoms with Gasteiger partial charge in [0.15, 0.2) is 0 Å². The Morgan fingerprint density at radius 1 is 1.53 bits per heavy atom. The molecule has 1 aliphatic rings. The third kappa shape index (κ3) is 2.47. The van der Waals surface area contributed by atoms with Crippen molar-refractivity contribution >= 4 is 11.6 Å². The number of hydrogen-bond donors (Lipinski definition) is 0. The van der Waals surface area contributed by atoms with Crippen molar-refractivity contribution in [1.82, 2.24) is 15.0 Å². The van der Waals surface area contributed by atoms with Gasteiger partial charge in [-0.15, -0.1) is 16.7 Å². The molecule has 1 aliphatic carbocycles. The number of halogens is 1. The van der Waals surface area contributed by atoms with Crippen LogP contribution in [0, 0.1) is 0 Å². The number of nitrogens with zero attached hydrogens (tertiary/aromatic N) is 3. The van der Waals surface area contributed by atoms with Gasteiger partial charge in [0.1, 0.15) is 5.69 Å². The second-order valence-electron chi connectivity index (χ2n) is 4.64. The van der Waals surface area contributed by atoms with Crippen molar-refractivity contribution in [2.45, 2.75) is 50.4 Å². The van der Waals surface area contributed by atoms with Crippen LogP contribution in [0.1, 0.15) is 56.0 Å². The molecule has 0 N–H and O–H groups in total. The number of aromatic nitrogens is 3. The Bertz CT molecular complexity index is 363. The monoisotopic (exact) mass is 257 g/mol. The van der Waals surface area contributed by atoms with Gasteiger partial charge in [0.05, 0.1) is 24.2 Å². The van der Waals surface area contributed by atoms with Crippen molar-refractivity contribution in [2.75, 3.05) is 13.7 Å². The predicted octanol–water partition coefficient (Wildman–Crippen LogP) is 2.88. The third-order valence-corrected chi connectivity index (χ3v) is 3.85. The third-order valence-electron chi connectivity index (χ3n) is 3.60. The maximum Gasteiger partial charge on any atom is 0.101 e.